The van der Waals surface area contributed by atoms with Gasteiger partial charge in [0.25, 0.3) is 0 Å². The molecule has 7 heteroatoms. The average Bonchev–Trinajstić information content (AvgIpc) is 2.33. The van der Waals surface area contributed by atoms with E-state index in [-0.39, 0.29) is 20.9 Å². The van der Waals surface area contributed by atoms with Crippen molar-refractivity contribution in [2.75, 3.05) is 6.54 Å². The lowest BCUT2D eigenvalue weighted by atomic mass is 9.71. The summed E-state index contributed by atoms with van der Waals surface area (Å²) in [6, 6.07) is 3.78. The van der Waals surface area contributed by atoms with E-state index in [2.05, 4.69) is 4.72 Å². The number of thiocarbonyl (C=S) groups is 1. The molecule has 0 aliphatic heterocycles. The fourth-order valence-electron chi connectivity index (χ4n) is 2.27. The van der Waals surface area contributed by atoms with Crippen molar-refractivity contribution in [3.8, 4) is 0 Å². The molecule has 0 amide bonds. The van der Waals surface area contributed by atoms with E-state index in [0.717, 1.165) is 25.3 Å². The van der Waals surface area contributed by atoms with Gasteiger partial charge in [-0.15, -0.1) is 0 Å². The van der Waals surface area contributed by atoms with Crippen LogP contribution in [-0.2, 0) is 10.0 Å². The third kappa shape index (κ3) is 2.99. The van der Waals surface area contributed by atoms with Crippen LogP contribution in [0.4, 0.5) is 4.39 Å². The Morgan fingerprint density at radius 3 is 2.65 bits per heavy atom. The molecule has 1 aliphatic carbocycles. The lowest BCUT2D eigenvalue weighted by molar-refractivity contribution is 0.166. The quantitative estimate of drug-likeness (QED) is 0.814. The molecule has 0 aromatic heterocycles. The monoisotopic (exact) mass is 316 g/mol. The Morgan fingerprint density at radius 2 is 2.15 bits per heavy atom. The van der Waals surface area contributed by atoms with Crippen molar-refractivity contribution >= 4 is 27.2 Å². The van der Waals surface area contributed by atoms with Gasteiger partial charge in [0.2, 0.25) is 10.0 Å². The van der Waals surface area contributed by atoms with Gasteiger partial charge in [-0.05, 0) is 30.4 Å². The van der Waals surface area contributed by atoms with Crippen LogP contribution in [0.25, 0.3) is 0 Å². The van der Waals surface area contributed by atoms with E-state index >= 15 is 0 Å². The molecule has 0 unspecified atom stereocenters. The zero-order chi connectivity index (χ0) is 15.0. The highest BCUT2D eigenvalue weighted by molar-refractivity contribution is 7.89. The molecular formula is C13H17FN2O2S2. The molecule has 0 saturated heterocycles. The largest absolute Gasteiger partial charge is 0.389 e. The standard InChI is InChI=1S/C13H17FN2O2S2/c1-13(6-3-7-13)8-16-20(17,18)10-5-2-4-9(14)11(10)12(15)19/h2,4-5,16H,3,6-8H2,1H3,(H2,15,19). The van der Waals surface area contributed by atoms with Crippen LogP contribution in [0.2, 0.25) is 0 Å². The number of hydrogen-bond acceptors (Lipinski definition) is 3. The van der Waals surface area contributed by atoms with Gasteiger partial charge >= 0.3 is 0 Å². The summed E-state index contributed by atoms with van der Waals surface area (Å²) >= 11 is 4.74. The predicted octanol–water partition coefficient (Wildman–Crippen LogP) is 1.93. The number of rotatable bonds is 5. The van der Waals surface area contributed by atoms with Gasteiger partial charge in [-0.25, -0.2) is 17.5 Å². The number of nitrogens with one attached hydrogen (secondary N) is 1. The fourth-order valence-corrected chi connectivity index (χ4v) is 3.97. The normalized spacial score (nSPS) is 17.5. The first-order chi connectivity index (χ1) is 9.25. The second-order valence-electron chi connectivity index (χ2n) is 5.47. The SMILES string of the molecule is CC1(CNS(=O)(=O)c2cccc(F)c2C(N)=S)CCC1. The van der Waals surface area contributed by atoms with Gasteiger partial charge < -0.3 is 5.73 Å². The number of benzene rings is 1. The maximum atomic E-state index is 13.7. The Hall–Kier alpha value is -1.05. The van der Waals surface area contributed by atoms with E-state index in [4.69, 9.17) is 18.0 Å². The third-order valence-corrected chi connectivity index (χ3v) is 5.41. The number of hydrogen-bond donors (Lipinski definition) is 2. The highest BCUT2D eigenvalue weighted by Gasteiger charge is 2.33. The van der Waals surface area contributed by atoms with Crippen LogP contribution in [0.1, 0.15) is 31.7 Å². The number of sulfonamides is 1. The second-order valence-corrected chi connectivity index (χ2v) is 7.64. The Bertz CT molecular complexity index is 640. The first-order valence-electron chi connectivity index (χ1n) is 6.33. The van der Waals surface area contributed by atoms with E-state index in [1.165, 1.54) is 12.1 Å². The van der Waals surface area contributed by atoms with Crippen molar-refractivity contribution in [1.29, 1.82) is 0 Å². The summed E-state index contributed by atoms with van der Waals surface area (Å²) in [5.74, 6) is -0.727. The molecule has 110 valence electrons. The Morgan fingerprint density at radius 1 is 1.50 bits per heavy atom. The predicted molar refractivity (Wildman–Crippen MR) is 79.4 cm³/mol. The summed E-state index contributed by atoms with van der Waals surface area (Å²) in [5, 5.41) is 0. The summed E-state index contributed by atoms with van der Waals surface area (Å²) in [6.07, 6.45) is 3.08. The van der Waals surface area contributed by atoms with Gasteiger partial charge in [-0.2, -0.15) is 0 Å². The molecule has 3 N–H and O–H groups in total. The van der Waals surface area contributed by atoms with E-state index in [1.54, 1.807) is 0 Å². The average molecular weight is 316 g/mol. The van der Waals surface area contributed by atoms with Crippen molar-refractivity contribution in [2.24, 2.45) is 11.1 Å². The number of nitrogens with two attached hydrogens (primary N) is 1. The van der Waals surface area contributed by atoms with Crippen LogP contribution in [0, 0.1) is 11.2 Å². The number of halogens is 1. The van der Waals surface area contributed by atoms with Gasteiger partial charge in [0.1, 0.15) is 10.8 Å². The maximum Gasteiger partial charge on any atom is 0.241 e. The molecule has 1 saturated carbocycles. The fraction of sp³-hybridized carbons (Fsp3) is 0.462. The van der Waals surface area contributed by atoms with Gasteiger partial charge in [0, 0.05) is 6.54 Å². The van der Waals surface area contributed by atoms with Crippen LogP contribution in [0.3, 0.4) is 0 Å². The van der Waals surface area contributed by atoms with Crippen LogP contribution < -0.4 is 10.5 Å². The first-order valence-corrected chi connectivity index (χ1v) is 8.22. The van der Waals surface area contributed by atoms with Crippen molar-refractivity contribution in [3.05, 3.63) is 29.6 Å². The minimum atomic E-state index is -3.83. The van der Waals surface area contributed by atoms with Crippen molar-refractivity contribution in [2.45, 2.75) is 31.1 Å². The summed E-state index contributed by atoms with van der Waals surface area (Å²) in [7, 11) is -3.83. The molecule has 0 bridgehead atoms. The summed E-state index contributed by atoms with van der Waals surface area (Å²) in [4.78, 5) is -0.466. The van der Waals surface area contributed by atoms with Crippen LogP contribution in [-0.4, -0.2) is 20.0 Å². The minimum Gasteiger partial charge on any atom is -0.389 e. The summed E-state index contributed by atoms with van der Waals surface area (Å²) < 4.78 is 40.9. The molecule has 1 aliphatic rings. The second kappa shape index (κ2) is 5.38. The van der Waals surface area contributed by atoms with E-state index < -0.39 is 15.8 Å². The van der Waals surface area contributed by atoms with Crippen molar-refractivity contribution < 1.29 is 12.8 Å². The van der Waals surface area contributed by atoms with Gasteiger partial charge in [0.05, 0.1) is 10.5 Å². The van der Waals surface area contributed by atoms with Gasteiger partial charge in [-0.1, -0.05) is 31.6 Å². The van der Waals surface area contributed by atoms with Crippen LogP contribution >= 0.6 is 12.2 Å². The molecule has 20 heavy (non-hydrogen) atoms. The smallest absolute Gasteiger partial charge is 0.241 e. The molecule has 1 aromatic rings. The van der Waals surface area contributed by atoms with Crippen molar-refractivity contribution in [1.82, 2.24) is 4.72 Å². The van der Waals surface area contributed by atoms with Crippen LogP contribution in [0.5, 0.6) is 0 Å². The van der Waals surface area contributed by atoms with Gasteiger partial charge in [-0.3, -0.25) is 0 Å². The van der Waals surface area contributed by atoms with Crippen LogP contribution in [0.15, 0.2) is 23.1 Å². The lowest BCUT2D eigenvalue weighted by Crippen LogP contribution is -2.40. The molecule has 0 spiro atoms. The van der Waals surface area contributed by atoms with E-state index in [1.807, 2.05) is 6.92 Å². The Balaban J connectivity index is 2.30. The highest BCUT2D eigenvalue weighted by Crippen LogP contribution is 2.39. The minimum absolute atomic E-state index is 0.0101. The zero-order valence-electron chi connectivity index (χ0n) is 11.1. The first kappa shape index (κ1) is 15.3. The molecular weight excluding hydrogens is 299 g/mol. The molecule has 1 aromatic carbocycles. The summed E-state index contributed by atoms with van der Waals surface area (Å²) in [5.41, 5.74) is 5.19. The molecule has 0 radical (unpaired) electrons. The van der Waals surface area contributed by atoms with Gasteiger partial charge in [0.15, 0.2) is 0 Å². The third-order valence-electron chi connectivity index (χ3n) is 3.76. The van der Waals surface area contributed by atoms with E-state index in [0.29, 0.717) is 6.54 Å². The zero-order valence-corrected chi connectivity index (χ0v) is 12.8. The summed E-state index contributed by atoms with van der Waals surface area (Å²) in [6.45, 7) is 2.36. The maximum absolute atomic E-state index is 13.7. The van der Waals surface area contributed by atoms with Crippen molar-refractivity contribution in [3.63, 3.8) is 0 Å². The molecule has 2 rings (SSSR count). The lowest BCUT2D eigenvalue weighted by Gasteiger charge is -2.38. The topological polar surface area (TPSA) is 72.2 Å². The molecule has 0 heterocycles. The van der Waals surface area contributed by atoms with E-state index in [9.17, 15) is 12.8 Å². The highest BCUT2D eigenvalue weighted by atomic mass is 32.2. The Kier molecular flexibility index (Phi) is 4.13. The molecule has 0 atom stereocenters. The Labute approximate surface area is 123 Å². The molecule has 1 fully saturated rings. The molecule has 4 nitrogen and oxygen atoms in total.